The molecule has 5 nitrogen and oxygen atoms in total. The number of aromatic nitrogens is 4. The lowest BCUT2D eigenvalue weighted by molar-refractivity contribution is 0.462. The third-order valence-electron chi connectivity index (χ3n) is 3.46. The second-order valence-electron chi connectivity index (χ2n) is 4.66. The summed E-state index contributed by atoms with van der Waals surface area (Å²) in [5, 5.41) is 12.8. The molecule has 2 aromatic rings. The van der Waals surface area contributed by atoms with Crippen molar-refractivity contribution in [2.75, 3.05) is 11.6 Å². The minimum Gasteiger partial charge on any atom is -0.367 e. The highest BCUT2D eigenvalue weighted by Crippen LogP contribution is 2.29. The number of hydrogen-bond acceptors (Lipinski definition) is 5. The van der Waals surface area contributed by atoms with Crippen molar-refractivity contribution in [1.82, 2.24) is 20.2 Å². The monoisotopic (exact) mass is 263 g/mol. The zero-order valence-electron chi connectivity index (χ0n) is 10.4. The number of anilines is 1. The number of nitrogens with one attached hydrogen (secondary N) is 2. The molecule has 0 atom stereocenters. The van der Waals surface area contributed by atoms with Gasteiger partial charge in [0.25, 0.3) is 0 Å². The zero-order chi connectivity index (χ0) is 12.4. The van der Waals surface area contributed by atoms with Crippen molar-refractivity contribution in [2.24, 2.45) is 0 Å². The van der Waals surface area contributed by atoms with Gasteiger partial charge in [0.05, 0.1) is 5.39 Å². The molecular formula is C12H17N5S. The molecule has 1 aliphatic rings. The summed E-state index contributed by atoms with van der Waals surface area (Å²) in [5.74, 6) is 0.921. The number of hydrogen-bond donors (Lipinski definition) is 2. The molecule has 0 radical (unpaired) electrons. The molecular weight excluding hydrogens is 246 g/mol. The van der Waals surface area contributed by atoms with E-state index in [2.05, 4.69) is 25.5 Å². The summed E-state index contributed by atoms with van der Waals surface area (Å²) in [4.78, 5) is 8.61. The molecule has 6 heteroatoms. The van der Waals surface area contributed by atoms with Gasteiger partial charge in [0, 0.05) is 6.04 Å². The fourth-order valence-electron chi connectivity index (χ4n) is 2.53. The lowest BCUT2D eigenvalue weighted by Crippen LogP contribution is -2.23. The predicted molar refractivity (Wildman–Crippen MR) is 74.0 cm³/mol. The van der Waals surface area contributed by atoms with E-state index in [0.29, 0.717) is 6.04 Å². The smallest absolute Gasteiger partial charge is 0.161 e. The van der Waals surface area contributed by atoms with Crippen LogP contribution in [0.5, 0.6) is 0 Å². The molecule has 0 saturated heterocycles. The quantitative estimate of drug-likeness (QED) is 0.834. The number of aromatic amines is 1. The number of rotatable bonds is 3. The maximum atomic E-state index is 4.39. The van der Waals surface area contributed by atoms with Crippen molar-refractivity contribution >= 4 is 28.6 Å². The summed E-state index contributed by atoms with van der Waals surface area (Å²) in [6.45, 7) is 0. The average molecular weight is 263 g/mol. The first-order valence-electron chi connectivity index (χ1n) is 6.38. The van der Waals surface area contributed by atoms with Crippen LogP contribution in [0.25, 0.3) is 11.0 Å². The molecule has 1 saturated carbocycles. The third-order valence-corrected chi connectivity index (χ3v) is 4.15. The van der Waals surface area contributed by atoms with Crippen LogP contribution < -0.4 is 5.32 Å². The standard InChI is InChI=1S/C12H17N5S/c1-18-12-9-10(13-7-14-11(9)16-17-12)15-8-5-3-2-4-6-8/h7-8H,2-6H2,1H3,(H2,13,14,15,16,17). The Kier molecular flexibility index (Phi) is 3.36. The Morgan fingerprint density at radius 2 is 2.11 bits per heavy atom. The fourth-order valence-corrected chi connectivity index (χ4v) is 3.06. The molecule has 2 aromatic heterocycles. The van der Waals surface area contributed by atoms with Crippen LogP contribution in [0.3, 0.4) is 0 Å². The van der Waals surface area contributed by atoms with Gasteiger partial charge in [-0.3, -0.25) is 5.10 Å². The molecule has 1 fully saturated rings. The van der Waals surface area contributed by atoms with Gasteiger partial charge in [-0.15, -0.1) is 11.8 Å². The molecule has 0 spiro atoms. The van der Waals surface area contributed by atoms with Gasteiger partial charge in [0.15, 0.2) is 5.65 Å². The van der Waals surface area contributed by atoms with Crippen LogP contribution in [0.1, 0.15) is 32.1 Å². The van der Waals surface area contributed by atoms with E-state index in [0.717, 1.165) is 21.9 Å². The van der Waals surface area contributed by atoms with Crippen molar-refractivity contribution < 1.29 is 0 Å². The van der Waals surface area contributed by atoms with E-state index >= 15 is 0 Å². The lowest BCUT2D eigenvalue weighted by Gasteiger charge is -2.23. The molecule has 0 bridgehead atoms. The SMILES string of the molecule is CSc1n[nH]c2ncnc(NC3CCCCC3)c12. The normalized spacial score (nSPS) is 17.2. The molecule has 2 N–H and O–H groups in total. The summed E-state index contributed by atoms with van der Waals surface area (Å²) in [6, 6.07) is 0.543. The Morgan fingerprint density at radius 1 is 1.28 bits per heavy atom. The van der Waals surface area contributed by atoms with E-state index < -0.39 is 0 Å². The Labute approximate surface area is 110 Å². The van der Waals surface area contributed by atoms with Crippen LogP contribution in [-0.4, -0.2) is 32.5 Å². The molecule has 0 unspecified atom stereocenters. The number of fused-ring (bicyclic) bond motifs is 1. The van der Waals surface area contributed by atoms with Gasteiger partial charge in [-0.25, -0.2) is 9.97 Å². The number of thioether (sulfide) groups is 1. The van der Waals surface area contributed by atoms with Crippen LogP contribution in [0, 0.1) is 0 Å². The molecule has 1 aliphatic carbocycles. The molecule has 0 amide bonds. The van der Waals surface area contributed by atoms with Crippen LogP contribution in [-0.2, 0) is 0 Å². The predicted octanol–water partition coefficient (Wildman–Crippen LogP) is 2.82. The molecule has 0 aromatic carbocycles. The van der Waals surface area contributed by atoms with Crippen LogP contribution in [0.15, 0.2) is 11.4 Å². The second-order valence-corrected chi connectivity index (χ2v) is 5.45. The van der Waals surface area contributed by atoms with E-state index in [1.54, 1.807) is 18.1 Å². The van der Waals surface area contributed by atoms with Crippen LogP contribution >= 0.6 is 11.8 Å². The molecule has 2 heterocycles. The fraction of sp³-hybridized carbons (Fsp3) is 0.583. The number of nitrogens with zero attached hydrogens (tertiary/aromatic N) is 3. The first-order chi connectivity index (χ1) is 8.88. The van der Waals surface area contributed by atoms with E-state index in [1.165, 1.54) is 32.1 Å². The molecule has 3 rings (SSSR count). The lowest BCUT2D eigenvalue weighted by atomic mass is 9.95. The summed E-state index contributed by atoms with van der Waals surface area (Å²) in [5.41, 5.74) is 0.813. The van der Waals surface area contributed by atoms with Crippen molar-refractivity contribution in [2.45, 2.75) is 43.2 Å². The van der Waals surface area contributed by atoms with Gasteiger partial charge >= 0.3 is 0 Å². The maximum absolute atomic E-state index is 4.39. The van der Waals surface area contributed by atoms with Crippen molar-refractivity contribution in [1.29, 1.82) is 0 Å². The van der Waals surface area contributed by atoms with E-state index in [9.17, 15) is 0 Å². The highest BCUT2D eigenvalue weighted by molar-refractivity contribution is 7.98. The second kappa shape index (κ2) is 5.14. The highest BCUT2D eigenvalue weighted by Gasteiger charge is 2.17. The van der Waals surface area contributed by atoms with Gasteiger partial charge in [0.2, 0.25) is 0 Å². The van der Waals surface area contributed by atoms with E-state index in [-0.39, 0.29) is 0 Å². The first-order valence-corrected chi connectivity index (χ1v) is 7.60. The van der Waals surface area contributed by atoms with Gasteiger partial charge in [-0.05, 0) is 19.1 Å². The third kappa shape index (κ3) is 2.16. The van der Waals surface area contributed by atoms with Gasteiger partial charge in [-0.1, -0.05) is 19.3 Å². The average Bonchev–Trinajstić information content (AvgIpc) is 2.84. The van der Waals surface area contributed by atoms with Crippen molar-refractivity contribution in [3.05, 3.63) is 6.33 Å². The Morgan fingerprint density at radius 3 is 2.89 bits per heavy atom. The van der Waals surface area contributed by atoms with Crippen LogP contribution in [0.2, 0.25) is 0 Å². The Balaban J connectivity index is 1.92. The summed E-state index contributed by atoms with van der Waals surface area (Å²) in [7, 11) is 0. The van der Waals surface area contributed by atoms with Gasteiger partial charge < -0.3 is 5.32 Å². The van der Waals surface area contributed by atoms with Crippen LogP contribution in [0.4, 0.5) is 5.82 Å². The van der Waals surface area contributed by atoms with Crippen molar-refractivity contribution in [3.8, 4) is 0 Å². The highest BCUT2D eigenvalue weighted by atomic mass is 32.2. The zero-order valence-corrected chi connectivity index (χ0v) is 11.3. The Bertz CT molecular complexity index is 532. The van der Waals surface area contributed by atoms with Gasteiger partial charge in [-0.2, -0.15) is 5.10 Å². The van der Waals surface area contributed by atoms with Gasteiger partial charge in [0.1, 0.15) is 17.2 Å². The first kappa shape index (κ1) is 11.8. The summed E-state index contributed by atoms with van der Waals surface area (Å²) in [6.07, 6.45) is 10.1. The van der Waals surface area contributed by atoms with E-state index in [4.69, 9.17) is 0 Å². The topological polar surface area (TPSA) is 66.5 Å². The van der Waals surface area contributed by atoms with E-state index in [1.807, 2.05) is 6.26 Å². The molecule has 18 heavy (non-hydrogen) atoms. The summed E-state index contributed by atoms with van der Waals surface area (Å²) >= 11 is 1.62. The Hall–Kier alpha value is -1.30. The summed E-state index contributed by atoms with van der Waals surface area (Å²) < 4.78 is 0. The number of H-pyrrole nitrogens is 1. The molecule has 0 aliphatic heterocycles. The van der Waals surface area contributed by atoms with Crippen molar-refractivity contribution in [3.63, 3.8) is 0 Å². The minimum atomic E-state index is 0.543. The minimum absolute atomic E-state index is 0.543. The maximum Gasteiger partial charge on any atom is 0.161 e. The largest absolute Gasteiger partial charge is 0.367 e. The molecule has 96 valence electrons.